The molecule has 1 fully saturated rings. The molecular formula is C17H19ClN2. The second kappa shape index (κ2) is 6.29. The highest BCUT2D eigenvalue weighted by Crippen LogP contribution is 2.21. The van der Waals surface area contributed by atoms with E-state index >= 15 is 0 Å². The average molecular weight is 287 g/mol. The lowest BCUT2D eigenvalue weighted by Crippen LogP contribution is -2.48. The summed E-state index contributed by atoms with van der Waals surface area (Å²) < 4.78 is 0. The SMILES string of the molecule is Clc1cccc(CN(CC2CNC2)c2ccccc2)c1. The van der Waals surface area contributed by atoms with Crippen LogP contribution in [-0.2, 0) is 6.54 Å². The molecule has 0 aromatic heterocycles. The van der Waals surface area contributed by atoms with Crippen LogP contribution in [0.25, 0.3) is 0 Å². The van der Waals surface area contributed by atoms with E-state index < -0.39 is 0 Å². The van der Waals surface area contributed by atoms with Gasteiger partial charge in [-0.3, -0.25) is 0 Å². The van der Waals surface area contributed by atoms with E-state index in [1.165, 1.54) is 11.3 Å². The van der Waals surface area contributed by atoms with Gasteiger partial charge in [0.1, 0.15) is 0 Å². The molecule has 1 N–H and O–H groups in total. The van der Waals surface area contributed by atoms with Crippen LogP contribution in [0.15, 0.2) is 54.6 Å². The number of rotatable bonds is 5. The maximum Gasteiger partial charge on any atom is 0.0430 e. The van der Waals surface area contributed by atoms with Gasteiger partial charge in [0.15, 0.2) is 0 Å². The number of anilines is 1. The first kappa shape index (κ1) is 13.5. The Morgan fingerprint density at radius 1 is 1.05 bits per heavy atom. The third-order valence-corrected chi connectivity index (χ3v) is 3.96. The Labute approximate surface area is 125 Å². The van der Waals surface area contributed by atoms with Gasteiger partial charge in [0, 0.05) is 42.8 Å². The van der Waals surface area contributed by atoms with Crippen molar-refractivity contribution in [1.82, 2.24) is 5.32 Å². The van der Waals surface area contributed by atoms with E-state index in [0.717, 1.165) is 37.1 Å². The molecule has 2 aromatic rings. The number of nitrogens with zero attached hydrogens (tertiary/aromatic N) is 1. The summed E-state index contributed by atoms with van der Waals surface area (Å²) in [5.74, 6) is 0.745. The van der Waals surface area contributed by atoms with E-state index in [4.69, 9.17) is 11.6 Å². The Balaban J connectivity index is 1.77. The van der Waals surface area contributed by atoms with Gasteiger partial charge in [0.05, 0.1) is 0 Å². The number of hydrogen-bond donors (Lipinski definition) is 1. The lowest BCUT2D eigenvalue weighted by atomic mass is 10.0. The van der Waals surface area contributed by atoms with E-state index in [2.05, 4.69) is 52.7 Å². The molecule has 3 rings (SSSR count). The molecule has 0 radical (unpaired) electrons. The minimum atomic E-state index is 0.745. The van der Waals surface area contributed by atoms with Gasteiger partial charge in [-0.1, -0.05) is 41.9 Å². The molecule has 0 atom stereocenters. The van der Waals surface area contributed by atoms with Crippen LogP contribution in [0.4, 0.5) is 5.69 Å². The van der Waals surface area contributed by atoms with Crippen LogP contribution in [0.5, 0.6) is 0 Å². The second-order valence-electron chi connectivity index (χ2n) is 5.37. The first-order chi connectivity index (χ1) is 9.81. The van der Waals surface area contributed by atoms with Crippen LogP contribution in [-0.4, -0.2) is 19.6 Å². The number of para-hydroxylation sites is 1. The van der Waals surface area contributed by atoms with Crippen LogP contribution in [0.1, 0.15) is 5.56 Å². The molecule has 104 valence electrons. The van der Waals surface area contributed by atoms with Crippen LogP contribution < -0.4 is 10.2 Å². The predicted octanol–water partition coefficient (Wildman–Crippen LogP) is 3.57. The molecule has 1 aliphatic heterocycles. The van der Waals surface area contributed by atoms with E-state index in [-0.39, 0.29) is 0 Å². The first-order valence-electron chi connectivity index (χ1n) is 7.06. The molecule has 0 unspecified atom stereocenters. The van der Waals surface area contributed by atoms with Gasteiger partial charge in [-0.2, -0.15) is 0 Å². The molecule has 0 aliphatic carbocycles. The van der Waals surface area contributed by atoms with Crippen molar-refractivity contribution in [1.29, 1.82) is 0 Å². The van der Waals surface area contributed by atoms with Crippen LogP contribution in [0.2, 0.25) is 5.02 Å². The second-order valence-corrected chi connectivity index (χ2v) is 5.81. The van der Waals surface area contributed by atoms with Gasteiger partial charge < -0.3 is 10.2 Å². The summed E-state index contributed by atoms with van der Waals surface area (Å²) in [6.45, 7) is 4.24. The zero-order chi connectivity index (χ0) is 13.8. The largest absolute Gasteiger partial charge is 0.367 e. The zero-order valence-corrected chi connectivity index (χ0v) is 12.2. The molecule has 0 amide bonds. The van der Waals surface area contributed by atoms with Gasteiger partial charge in [-0.25, -0.2) is 0 Å². The Hall–Kier alpha value is -1.51. The Kier molecular flexibility index (Phi) is 4.24. The van der Waals surface area contributed by atoms with Crippen molar-refractivity contribution in [2.24, 2.45) is 5.92 Å². The van der Waals surface area contributed by atoms with Crippen molar-refractivity contribution >= 4 is 17.3 Å². The zero-order valence-electron chi connectivity index (χ0n) is 11.4. The predicted molar refractivity (Wildman–Crippen MR) is 85.3 cm³/mol. The molecule has 1 heterocycles. The summed E-state index contributed by atoms with van der Waals surface area (Å²) in [6.07, 6.45) is 0. The number of benzene rings is 2. The summed E-state index contributed by atoms with van der Waals surface area (Å²) in [5.41, 5.74) is 2.54. The molecule has 20 heavy (non-hydrogen) atoms. The average Bonchev–Trinajstić information content (AvgIpc) is 2.42. The van der Waals surface area contributed by atoms with Crippen molar-refractivity contribution < 1.29 is 0 Å². The van der Waals surface area contributed by atoms with E-state index in [1.54, 1.807) is 0 Å². The fraction of sp³-hybridized carbons (Fsp3) is 0.294. The molecule has 0 bridgehead atoms. The first-order valence-corrected chi connectivity index (χ1v) is 7.44. The lowest BCUT2D eigenvalue weighted by molar-refractivity contribution is 0.348. The number of halogens is 1. The minimum absolute atomic E-state index is 0.745. The lowest BCUT2D eigenvalue weighted by Gasteiger charge is -2.34. The molecule has 0 spiro atoms. The Bertz CT molecular complexity index is 552. The van der Waals surface area contributed by atoms with Gasteiger partial charge >= 0.3 is 0 Å². The van der Waals surface area contributed by atoms with Gasteiger partial charge in [-0.05, 0) is 29.8 Å². The molecular weight excluding hydrogens is 268 g/mol. The summed E-state index contributed by atoms with van der Waals surface area (Å²) >= 11 is 6.09. The van der Waals surface area contributed by atoms with E-state index in [0.29, 0.717) is 0 Å². The molecule has 1 saturated heterocycles. The summed E-state index contributed by atoms with van der Waals surface area (Å²) in [5, 5.41) is 4.15. The summed E-state index contributed by atoms with van der Waals surface area (Å²) in [4.78, 5) is 2.44. The van der Waals surface area contributed by atoms with Crippen molar-refractivity contribution in [2.75, 3.05) is 24.5 Å². The minimum Gasteiger partial charge on any atom is -0.367 e. The monoisotopic (exact) mass is 286 g/mol. The molecule has 2 nitrogen and oxygen atoms in total. The van der Waals surface area contributed by atoms with Gasteiger partial charge in [0.2, 0.25) is 0 Å². The van der Waals surface area contributed by atoms with Gasteiger partial charge in [-0.15, -0.1) is 0 Å². The normalized spacial score (nSPS) is 14.8. The van der Waals surface area contributed by atoms with Crippen molar-refractivity contribution in [3.63, 3.8) is 0 Å². The number of nitrogens with one attached hydrogen (secondary N) is 1. The van der Waals surface area contributed by atoms with E-state index in [1.807, 2.05) is 12.1 Å². The van der Waals surface area contributed by atoms with Crippen LogP contribution >= 0.6 is 11.6 Å². The topological polar surface area (TPSA) is 15.3 Å². The Morgan fingerprint density at radius 3 is 2.50 bits per heavy atom. The van der Waals surface area contributed by atoms with Crippen molar-refractivity contribution in [2.45, 2.75) is 6.54 Å². The van der Waals surface area contributed by atoms with Crippen LogP contribution in [0, 0.1) is 5.92 Å². The highest BCUT2D eigenvalue weighted by Gasteiger charge is 2.20. The highest BCUT2D eigenvalue weighted by atomic mass is 35.5. The molecule has 2 aromatic carbocycles. The molecule has 0 saturated carbocycles. The standard InChI is InChI=1S/C17H19ClN2/c18-16-6-4-5-14(9-16)12-20(13-15-10-19-11-15)17-7-2-1-3-8-17/h1-9,15,19H,10-13H2. The Morgan fingerprint density at radius 2 is 1.85 bits per heavy atom. The maximum absolute atomic E-state index is 6.09. The van der Waals surface area contributed by atoms with Crippen LogP contribution in [0.3, 0.4) is 0 Å². The molecule has 1 aliphatic rings. The van der Waals surface area contributed by atoms with Crippen molar-refractivity contribution in [3.8, 4) is 0 Å². The summed E-state index contributed by atoms with van der Waals surface area (Å²) in [6, 6.07) is 18.7. The third-order valence-electron chi connectivity index (χ3n) is 3.73. The van der Waals surface area contributed by atoms with Gasteiger partial charge in [0.25, 0.3) is 0 Å². The van der Waals surface area contributed by atoms with Crippen molar-refractivity contribution in [3.05, 3.63) is 65.2 Å². The molecule has 3 heteroatoms. The number of hydrogen-bond acceptors (Lipinski definition) is 2. The van der Waals surface area contributed by atoms with E-state index in [9.17, 15) is 0 Å². The quantitative estimate of drug-likeness (QED) is 0.904. The fourth-order valence-electron chi connectivity index (χ4n) is 2.54. The third kappa shape index (κ3) is 3.33. The maximum atomic E-state index is 6.09. The smallest absolute Gasteiger partial charge is 0.0430 e. The highest BCUT2D eigenvalue weighted by molar-refractivity contribution is 6.30. The fourth-order valence-corrected chi connectivity index (χ4v) is 2.76. The summed E-state index contributed by atoms with van der Waals surface area (Å²) in [7, 11) is 0.